The first kappa shape index (κ1) is 59.3. The van der Waals surface area contributed by atoms with Gasteiger partial charge in [0.25, 0.3) is 0 Å². The molecule has 67 heavy (non-hydrogen) atoms. The molecular formula is C48H85NO18. The number of ether oxygens (including phenoxy) is 6. The SMILES string of the molecule is CCCC/C=C\C/C=C\CCCCCCCC(=O)NC(COC1OC(CO)C(OC2OC(CO)C(OC3OC(CO)C(O)C(O)C3O)C(O)C2O)C(O)C1O)C(O)/C=C/CCCCCCCC. The van der Waals surface area contributed by atoms with E-state index in [1.807, 2.05) is 6.08 Å². The average molecular weight is 964 g/mol. The summed E-state index contributed by atoms with van der Waals surface area (Å²) in [7, 11) is 0. The predicted molar refractivity (Wildman–Crippen MR) is 245 cm³/mol. The van der Waals surface area contributed by atoms with Crippen molar-refractivity contribution in [3.05, 3.63) is 36.5 Å². The lowest BCUT2D eigenvalue weighted by Gasteiger charge is -2.48. The van der Waals surface area contributed by atoms with Crippen molar-refractivity contribution < 1.29 is 89.4 Å². The number of nitrogens with one attached hydrogen (secondary N) is 1. The Morgan fingerprint density at radius 1 is 0.537 bits per heavy atom. The van der Waals surface area contributed by atoms with Crippen LogP contribution in [0, 0.1) is 0 Å². The molecule has 3 aliphatic rings. The minimum Gasteiger partial charge on any atom is -0.394 e. The van der Waals surface area contributed by atoms with E-state index in [0.717, 1.165) is 77.0 Å². The molecule has 17 unspecified atom stereocenters. The van der Waals surface area contributed by atoms with Crippen LogP contribution in [0.1, 0.15) is 129 Å². The van der Waals surface area contributed by atoms with Gasteiger partial charge in [-0.25, -0.2) is 0 Å². The van der Waals surface area contributed by atoms with E-state index in [-0.39, 0.29) is 18.9 Å². The van der Waals surface area contributed by atoms with Gasteiger partial charge in [-0.05, 0) is 44.9 Å². The van der Waals surface area contributed by atoms with E-state index in [1.54, 1.807) is 6.08 Å². The molecule has 0 bridgehead atoms. The molecule has 0 aromatic heterocycles. The Balaban J connectivity index is 1.57. The first-order chi connectivity index (χ1) is 32.3. The van der Waals surface area contributed by atoms with Crippen molar-refractivity contribution in [1.29, 1.82) is 0 Å². The van der Waals surface area contributed by atoms with Gasteiger partial charge in [0.1, 0.15) is 73.2 Å². The molecule has 17 atom stereocenters. The summed E-state index contributed by atoms with van der Waals surface area (Å²) in [6, 6.07) is -0.975. The van der Waals surface area contributed by atoms with Gasteiger partial charge in [0.05, 0.1) is 38.6 Å². The highest BCUT2D eigenvalue weighted by molar-refractivity contribution is 5.76. The van der Waals surface area contributed by atoms with Crippen molar-refractivity contribution in [1.82, 2.24) is 5.32 Å². The fraction of sp³-hybridized carbons (Fsp3) is 0.854. The van der Waals surface area contributed by atoms with Gasteiger partial charge in [-0.1, -0.05) is 115 Å². The number of rotatable bonds is 33. The van der Waals surface area contributed by atoms with E-state index in [2.05, 4.69) is 43.5 Å². The van der Waals surface area contributed by atoms with E-state index in [4.69, 9.17) is 28.4 Å². The highest BCUT2D eigenvalue weighted by atomic mass is 16.8. The molecule has 3 rings (SSSR count). The Kier molecular flexibility index (Phi) is 29.7. The standard InChI is InChI=1S/C48H85NO18/c1-3-5-7-9-11-13-14-15-16-17-18-20-22-24-26-36(54)49-31(32(53)25-23-21-19-12-10-8-6-4-2)30-62-46-42(60)39(57)44(34(28-51)64-46)67-48-43(61)40(58)45(35(29-52)65-48)66-47-41(59)38(56)37(55)33(27-50)63-47/h9,11,14-15,23,25,31-35,37-48,50-53,55-61H,3-8,10,12-13,16-22,24,26-30H2,1-2H3,(H,49,54)/b11-9-,15-14-,25-23+. The summed E-state index contributed by atoms with van der Waals surface area (Å²) in [6.07, 6.45) is 3.19. The third kappa shape index (κ3) is 20.0. The van der Waals surface area contributed by atoms with E-state index < -0.39 is 124 Å². The molecule has 19 heteroatoms. The van der Waals surface area contributed by atoms with Crippen molar-refractivity contribution in [2.45, 2.75) is 234 Å². The number of amides is 1. The van der Waals surface area contributed by atoms with Gasteiger partial charge < -0.3 is 89.9 Å². The van der Waals surface area contributed by atoms with Crippen molar-refractivity contribution in [2.24, 2.45) is 0 Å². The second kappa shape index (κ2) is 33.6. The highest BCUT2D eigenvalue weighted by Crippen LogP contribution is 2.33. The minimum atomic E-state index is -1.98. The maximum absolute atomic E-state index is 13.1. The van der Waals surface area contributed by atoms with Gasteiger partial charge in [-0.2, -0.15) is 0 Å². The topological polar surface area (TPSA) is 307 Å². The Labute approximate surface area is 396 Å². The summed E-state index contributed by atoms with van der Waals surface area (Å²) in [5.74, 6) is -0.297. The van der Waals surface area contributed by atoms with Crippen molar-refractivity contribution in [2.75, 3.05) is 26.4 Å². The van der Waals surface area contributed by atoms with Crippen LogP contribution in [-0.4, -0.2) is 193 Å². The van der Waals surface area contributed by atoms with Crippen LogP contribution in [-0.2, 0) is 33.2 Å². The number of aliphatic hydroxyl groups excluding tert-OH is 11. The van der Waals surface area contributed by atoms with Gasteiger partial charge >= 0.3 is 0 Å². The molecule has 3 fully saturated rings. The van der Waals surface area contributed by atoms with Crippen LogP contribution in [0.3, 0.4) is 0 Å². The van der Waals surface area contributed by atoms with E-state index in [0.29, 0.717) is 6.42 Å². The molecule has 0 spiro atoms. The average Bonchev–Trinajstić information content (AvgIpc) is 3.32. The minimum absolute atomic E-state index is 0.226. The van der Waals surface area contributed by atoms with Gasteiger partial charge in [0.15, 0.2) is 18.9 Å². The predicted octanol–water partition coefficient (Wildman–Crippen LogP) is 1.03. The second-order valence-corrected chi connectivity index (χ2v) is 17.9. The largest absolute Gasteiger partial charge is 0.394 e. The molecule has 0 aliphatic carbocycles. The summed E-state index contributed by atoms with van der Waals surface area (Å²) >= 11 is 0. The number of allylic oxidation sites excluding steroid dienone is 5. The van der Waals surface area contributed by atoms with Crippen LogP contribution in [0.4, 0.5) is 0 Å². The van der Waals surface area contributed by atoms with Gasteiger partial charge in [-0.15, -0.1) is 0 Å². The lowest BCUT2D eigenvalue weighted by molar-refractivity contribution is -0.379. The smallest absolute Gasteiger partial charge is 0.220 e. The van der Waals surface area contributed by atoms with E-state index in [9.17, 15) is 61.0 Å². The number of aliphatic hydroxyl groups is 11. The van der Waals surface area contributed by atoms with Crippen LogP contribution < -0.4 is 5.32 Å². The molecule has 3 heterocycles. The van der Waals surface area contributed by atoms with Crippen molar-refractivity contribution in [3.8, 4) is 0 Å². The van der Waals surface area contributed by atoms with Gasteiger partial charge in [0.2, 0.25) is 5.91 Å². The van der Waals surface area contributed by atoms with Crippen LogP contribution in [0.2, 0.25) is 0 Å². The summed E-state index contributed by atoms with van der Waals surface area (Å²) in [4.78, 5) is 13.1. The number of carbonyl (C=O) groups is 1. The monoisotopic (exact) mass is 964 g/mol. The van der Waals surface area contributed by atoms with Crippen LogP contribution in [0.5, 0.6) is 0 Å². The zero-order valence-electron chi connectivity index (χ0n) is 39.6. The Morgan fingerprint density at radius 3 is 1.57 bits per heavy atom. The number of hydrogen-bond acceptors (Lipinski definition) is 18. The van der Waals surface area contributed by atoms with Crippen LogP contribution >= 0.6 is 0 Å². The zero-order chi connectivity index (χ0) is 49.1. The second-order valence-electron chi connectivity index (χ2n) is 17.9. The van der Waals surface area contributed by atoms with E-state index >= 15 is 0 Å². The molecule has 19 nitrogen and oxygen atoms in total. The fourth-order valence-electron chi connectivity index (χ4n) is 8.20. The van der Waals surface area contributed by atoms with E-state index in [1.165, 1.54) is 25.7 Å². The van der Waals surface area contributed by atoms with Crippen molar-refractivity contribution >= 4 is 5.91 Å². The quantitative estimate of drug-likeness (QED) is 0.0323. The number of hydrogen-bond donors (Lipinski definition) is 12. The Morgan fingerprint density at radius 2 is 1.00 bits per heavy atom. The number of unbranched alkanes of at least 4 members (excludes halogenated alkanes) is 13. The maximum atomic E-state index is 13.1. The molecule has 3 aliphatic heterocycles. The molecule has 12 N–H and O–H groups in total. The molecule has 390 valence electrons. The molecule has 0 radical (unpaired) electrons. The first-order valence-electron chi connectivity index (χ1n) is 24.7. The molecule has 3 saturated heterocycles. The van der Waals surface area contributed by atoms with Gasteiger partial charge in [-0.3, -0.25) is 4.79 Å². The molecular weight excluding hydrogens is 879 g/mol. The highest BCUT2D eigenvalue weighted by Gasteiger charge is 2.53. The van der Waals surface area contributed by atoms with Gasteiger partial charge in [0, 0.05) is 6.42 Å². The normalized spacial score (nSPS) is 33.8. The zero-order valence-corrected chi connectivity index (χ0v) is 39.6. The fourth-order valence-corrected chi connectivity index (χ4v) is 8.20. The molecule has 0 aromatic rings. The number of carbonyl (C=O) groups excluding carboxylic acids is 1. The Bertz CT molecular complexity index is 1390. The summed E-state index contributed by atoms with van der Waals surface area (Å²) in [5.41, 5.74) is 0. The van der Waals surface area contributed by atoms with Crippen LogP contribution in [0.15, 0.2) is 36.5 Å². The third-order valence-corrected chi connectivity index (χ3v) is 12.4. The lowest BCUT2D eigenvalue weighted by atomic mass is 9.96. The first-order valence-corrected chi connectivity index (χ1v) is 24.7. The van der Waals surface area contributed by atoms with Crippen molar-refractivity contribution in [3.63, 3.8) is 0 Å². The molecule has 1 amide bonds. The Hall–Kier alpha value is -1.99. The summed E-state index contributed by atoms with van der Waals surface area (Å²) in [6.45, 7) is 1.56. The summed E-state index contributed by atoms with van der Waals surface area (Å²) < 4.78 is 34.0. The third-order valence-electron chi connectivity index (χ3n) is 12.4. The maximum Gasteiger partial charge on any atom is 0.220 e. The lowest BCUT2D eigenvalue weighted by Crippen LogP contribution is -2.66. The molecule has 0 aromatic carbocycles. The van der Waals surface area contributed by atoms with Crippen LogP contribution in [0.25, 0.3) is 0 Å². The summed E-state index contributed by atoms with van der Waals surface area (Å²) in [5, 5.41) is 119. The molecule has 0 saturated carbocycles.